The van der Waals surface area contributed by atoms with Gasteiger partial charge in [-0.1, -0.05) is 18.6 Å². The molecule has 3 aliphatic rings. The molecule has 4 heterocycles. The Hall–Kier alpha value is -2.93. The second-order valence-electron chi connectivity index (χ2n) is 9.46. The van der Waals surface area contributed by atoms with Crippen LogP contribution in [-0.4, -0.2) is 59.4 Å². The Balaban J connectivity index is 1.30. The molecule has 0 spiro atoms. The number of nitrogens with zero attached hydrogens (tertiary/aromatic N) is 4. The number of fused-ring (bicyclic) bond motifs is 2. The largest absolute Gasteiger partial charge is 0.330 e. The molecular weight excluding hydrogens is 414 g/mol. The molecule has 1 unspecified atom stereocenters. The normalized spacial score (nSPS) is 20.7. The lowest BCUT2D eigenvalue weighted by molar-refractivity contribution is 0.102. The molecule has 1 atom stereocenters. The maximum atomic E-state index is 13.9. The summed E-state index contributed by atoms with van der Waals surface area (Å²) in [7, 11) is 0. The molecule has 1 aromatic heterocycles. The lowest BCUT2D eigenvalue weighted by Crippen LogP contribution is -2.46. The van der Waals surface area contributed by atoms with Gasteiger partial charge in [-0.3, -0.25) is 4.79 Å². The number of hydrogen-bond donors (Lipinski definition) is 1. The van der Waals surface area contributed by atoms with Gasteiger partial charge >= 0.3 is 6.03 Å². The highest BCUT2D eigenvalue weighted by Gasteiger charge is 2.34. The van der Waals surface area contributed by atoms with Crippen LogP contribution in [0.5, 0.6) is 0 Å². The summed E-state index contributed by atoms with van der Waals surface area (Å²) in [5.74, 6) is 0.796. The van der Waals surface area contributed by atoms with Crippen LogP contribution in [0.15, 0.2) is 42.6 Å². The van der Waals surface area contributed by atoms with Crippen LogP contribution in [0.4, 0.5) is 22.0 Å². The van der Waals surface area contributed by atoms with Crippen LogP contribution in [0, 0.1) is 5.92 Å². The van der Waals surface area contributed by atoms with Gasteiger partial charge in [0.1, 0.15) is 0 Å². The maximum Gasteiger partial charge on any atom is 0.330 e. The van der Waals surface area contributed by atoms with Crippen molar-refractivity contribution >= 4 is 29.1 Å². The van der Waals surface area contributed by atoms with Gasteiger partial charge in [0.05, 0.1) is 16.9 Å². The van der Waals surface area contributed by atoms with Crippen LogP contribution >= 0.6 is 0 Å². The summed E-state index contributed by atoms with van der Waals surface area (Å²) >= 11 is 0. The molecule has 0 saturated carbocycles. The Morgan fingerprint density at radius 2 is 1.88 bits per heavy atom. The molecule has 33 heavy (non-hydrogen) atoms. The fraction of sp³-hybridized carbons (Fsp3) is 0.500. The number of rotatable bonds is 5. The van der Waals surface area contributed by atoms with Gasteiger partial charge in [0.2, 0.25) is 0 Å². The summed E-state index contributed by atoms with van der Waals surface area (Å²) in [6.45, 7) is 5.24. The quantitative estimate of drug-likeness (QED) is 0.663. The van der Waals surface area contributed by atoms with E-state index in [0.29, 0.717) is 28.7 Å². The van der Waals surface area contributed by atoms with E-state index in [0.717, 1.165) is 19.5 Å². The highest BCUT2D eigenvalue weighted by atomic mass is 16.2. The van der Waals surface area contributed by atoms with E-state index >= 15 is 0 Å². The Bertz CT molecular complexity index is 1000. The predicted octanol–water partition coefficient (Wildman–Crippen LogP) is 4.88. The van der Waals surface area contributed by atoms with Gasteiger partial charge in [-0.15, -0.1) is 0 Å². The first-order valence-electron chi connectivity index (χ1n) is 12.4. The van der Waals surface area contributed by atoms with E-state index in [1.807, 2.05) is 23.1 Å². The first kappa shape index (κ1) is 21.9. The van der Waals surface area contributed by atoms with E-state index in [-0.39, 0.29) is 11.9 Å². The number of aromatic nitrogens is 1. The molecular formula is C26H33N5O2. The first-order valence-corrected chi connectivity index (χ1v) is 12.4. The van der Waals surface area contributed by atoms with E-state index in [4.69, 9.17) is 0 Å². The lowest BCUT2D eigenvalue weighted by atomic mass is 9.93. The third kappa shape index (κ3) is 4.74. The number of carbonyl (C=O) groups is 2. The molecule has 2 aromatic rings. The standard InChI is InChI=1S/C26H33N5O2/c32-25-21-11-1-2-13-23(21)31(24-22(28-25)12-7-14-27-24)26(33)30-18-8-10-20(19-30)9-3-4-15-29-16-5-6-17-29/h1-2,7,11-14,20H,3-6,8-10,15-19H2,(H,28,32). The number of para-hydroxylation sites is 1. The topological polar surface area (TPSA) is 68.8 Å². The number of anilines is 3. The summed E-state index contributed by atoms with van der Waals surface area (Å²) in [5.41, 5.74) is 1.63. The minimum Gasteiger partial charge on any atom is -0.324 e. The summed E-state index contributed by atoms with van der Waals surface area (Å²) in [4.78, 5) is 37.3. The summed E-state index contributed by atoms with van der Waals surface area (Å²) < 4.78 is 0. The van der Waals surface area contributed by atoms with Crippen molar-refractivity contribution in [2.45, 2.75) is 44.9 Å². The van der Waals surface area contributed by atoms with Gasteiger partial charge in [-0.25, -0.2) is 14.7 Å². The SMILES string of the molecule is O=C1Nc2cccnc2N(C(=O)N2CCCC(CCCCN3CCCC3)C2)c2ccccc21. The fourth-order valence-electron chi connectivity index (χ4n) is 5.42. The molecule has 3 amide bonds. The van der Waals surface area contributed by atoms with Crippen LogP contribution < -0.4 is 10.2 Å². The zero-order chi connectivity index (χ0) is 22.6. The van der Waals surface area contributed by atoms with Crippen LogP contribution in [0.1, 0.15) is 55.3 Å². The average molecular weight is 448 g/mol. The number of benzene rings is 1. The van der Waals surface area contributed by atoms with E-state index < -0.39 is 0 Å². The van der Waals surface area contributed by atoms with Crippen molar-refractivity contribution in [1.82, 2.24) is 14.8 Å². The van der Waals surface area contributed by atoms with Crippen molar-refractivity contribution in [2.24, 2.45) is 5.92 Å². The first-order chi connectivity index (χ1) is 16.2. The maximum absolute atomic E-state index is 13.9. The molecule has 3 aliphatic heterocycles. The summed E-state index contributed by atoms with van der Waals surface area (Å²) in [5, 5.41) is 2.91. The minimum atomic E-state index is -0.218. The van der Waals surface area contributed by atoms with Gasteiger partial charge in [0, 0.05) is 19.3 Å². The fourth-order valence-corrected chi connectivity index (χ4v) is 5.42. The zero-order valence-electron chi connectivity index (χ0n) is 19.2. The molecule has 1 aromatic carbocycles. The highest BCUT2D eigenvalue weighted by Crippen LogP contribution is 2.37. The molecule has 2 saturated heterocycles. The van der Waals surface area contributed by atoms with Crippen LogP contribution in [0.25, 0.3) is 0 Å². The highest BCUT2D eigenvalue weighted by molar-refractivity contribution is 6.16. The number of likely N-dealkylation sites (tertiary alicyclic amines) is 2. The molecule has 0 aliphatic carbocycles. The number of amides is 3. The molecule has 0 radical (unpaired) electrons. The van der Waals surface area contributed by atoms with Crippen LogP contribution in [0.3, 0.4) is 0 Å². The van der Waals surface area contributed by atoms with Gasteiger partial charge < -0.3 is 15.1 Å². The lowest BCUT2D eigenvalue weighted by Gasteiger charge is -2.36. The van der Waals surface area contributed by atoms with E-state index in [1.165, 1.54) is 58.2 Å². The van der Waals surface area contributed by atoms with Crippen molar-refractivity contribution in [3.05, 3.63) is 48.2 Å². The monoisotopic (exact) mass is 447 g/mol. The third-order valence-electron chi connectivity index (χ3n) is 7.15. The predicted molar refractivity (Wildman–Crippen MR) is 130 cm³/mol. The zero-order valence-corrected chi connectivity index (χ0v) is 19.2. The summed E-state index contributed by atoms with van der Waals surface area (Å²) in [6, 6.07) is 10.7. The molecule has 7 nitrogen and oxygen atoms in total. The number of hydrogen-bond acceptors (Lipinski definition) is 4. The van der Waals surface area contributed by atoms with Gasteiger partial charge in [0.15, 0.2) is 5.82 Å². The molecule has 7 heteroatoms. The number of urea groups is 1. The van der Waals surface area contributed by atoms with Crippen molar-refractivity contribution in [1.29, 1.82) is 0 Å². The average Bonchev–Trinajstić information content (AvgIpc) is 3.33. The summed E-state index contributed by atoms with van der Waals surface area (Å²) in [6.07, 6.45) is 10.2. The van der Waals surface area contributed by atoms with Crippen LogP contribution in [-0.2, 0) is 0 Å². The molecule has 2 fully saturated rings. The number of unbranched alkanes of at least 4 members (excludes halogenated alkanes) is 1. The van der Waals surface area contributed by atoms with Crippen molar-refractivity contribution in [3.63, 3.8) is 0 Å². The Morgan fingerprint density at radius 1 is 1.03 bits per heavy atom. The molecule has 1 N–H and O–H groups in total. The number of nitrogens with one attached hydrogen (secondary N) is 1. The number of pyridine rings is 1. The smallest absolute Gasteiger partial charge is 0.324 e. The van der Waals surface area contributed by atoms with Crippen molar-refractivity contribution < 1.29 is 9.59 Å². The third-order valence-corrected chi connectivity index (χ3v) is 7.15. The van der Waals surface area contributed by atoms with E-state index in [2.05, 4.69) is 15.2 Å². The molecule has 5 rings (SSSR count). The molecule has 174 valence electrons. The molecule has 0 bridgehead atoms. The van der Waals surface area contributed by atoms with Gasteiger partial charge in [-0.05, 0) is 88.3 Å². The Kier molecular flexibility index (Phi) is 6.58. The number of carbonyl (C=O) groups excluding carboxylic acids is 2. The van der Waals surface area contributed by atoms with Crippen molar-refractivity contribution in [2.75, 3.05) is 42.9 Å². The minimum absolute atomic E-state index is 0.0966. The number of piperidine rings is 1. The van der Waals surface area contributed by atoms with E-state index in [1.54, 1.807) is 29.3 Å². The van der Waals surface area contributed by atoms with Gasteiger partial charge in [0.25, 0.3) is 5.91 Å². The van der Waals surface area contributed by atoms with E-state index in [9.17, 15) is 9.59 Å². The Morgan fingerprint density at radius 3 is 2.76 bits per heavy atom. The second kappa shape index (κ2) is 9.91. The Labute approximate surface area is 195 Å². The van der Waals surface area contributed by atoms with Crippen LogP contribution in [0.2, 0.25) is 0 Å². The van der Waals surface area contributed by atoms with Gasteiger partial charge in [-0.2, -0.15) is 0 Å². The van der Waals surface area contributed by atoms with Crippen molar-refractivity contribution in [3.8, 4) is 0 Å². The second-order valence-corrected chi connectivity index (χ2v) is 9.46.